The summed E-state index contributed by atoms with van der Waals surface area (Å²) in [6, 6.07) is 0.213. The molecule has 0 heterocycles. The molecule has 78 valence electrons. The second-order valence-corrected chi connectivity index (χ2v) is 3.63. The number of nitrogens with two attached hydrogens (primary N) is 1. The molecule has 1 aliphatic rings. The second-order valence-electron chi connectivity index (χ2n) is 3.63. The monoisotopic (exact) mass is 193 g/mol. The molecular weight excluding hydrogens is 174 g/mol. The van der Waals surface area contributed by atoms with Gasteiger partial charge in [-0.15, -0.1) is 0 Å². The largest absolute Gasteiger partial charge is 0.372 e. The molecular formula is C12H19NO. The number of hydrogen-bond acceptors (Lipinski definition) is 2. The first kappa shape index (κ1) is 11.2. The van der Waals surface area contributed by atoms with E-state index in [1.807, 2.05) is 6.08 Å². The summed E-state index contributed by atoms with van der Waals surface area (Å²) in [7, 11) is 0. The van der Waals surface area contributed by atoms with Crippen LogP contribution >= 0.6 is 0 Å². The molecule has 1 saturated carbocycles. The van der Waals surface area contributed by atoms with Crippen molar-refractivity contribution in [2.24, 2.45) is 5.73 Å². The van der Waals surface area contributed by atoms with E-state index in [-0.39, 0.29) is 12.1 Å². The minimum Gasteiger partial charge on any atom is -0.372 e. The van der Waals surface area contributed by atoms with E-state index >= 15 is 0 Å². The third-order valence-corrected chi connectivity index (χ3v) is 2.56. The zero-order chi connectivity index (χ0) is 10.4. The Kier molecular flexibility index (Phi) is 4.63. The molecule has 0 saturated heterocycles. The lowest BCUT2D eigenvalue weighted by Crippen LogP contribution is -2.31. The Hall–Kier alpha value is -0.860. The van der Waals surface area contributed by atoms with Gasteiger partial charge in [0.25, 0.3) is 0 Å². The Morgan fingerprint density at radius 1 is 1.43 bits per heavy atom. The summed E-state index contributed by atoms with van der Waals surface area (Å²) in [4.78, 5) is 0. The molecule has 0 bridgehead atoms. The van der Waals surface area contributed by atoms with Crippen LogP contribution in [0.15, 0.2) is 37.0 Å². The average molecular weight is 193 g/mol. The van der Waals surface area contributed by atoms with Crippen molar-refractivity contribution in [3.63, 3.8) is 0 Å². The fraction of sp³-hybridized carbons (Fsp3) is 0.500. The number of ether oxygens (including phenoxy) is 1. The standard InChI is InChI=1S/C12H19NO/c1-3-6-10(4-2)9-14-12-8-5-7-11(12)13/h3-4,6,11-12H,1-2,5,7-9,13H2/b10-6+. The molecule has 0 aromatic heterocycles. The molecule has 2 unspecified atom stereocenters. The maximum absolute atomic E-state index is 5.89. The van der Waals surface area contributed by atoms with E-state index in [4.69, 9.17) is 10.5 Å². The van der Waals surface area contributed by atoms with Crippen LogP contribution in [0.5, 0.6) is 0 Å². The van der Waals surface area contributed by atoms with Crippen molar-refractivity contribution in [1.82, 2.24) is 0 Å². The predicted molar refractivity (Wildman–Crippen MR) is 60.0 cm³/mol. The van der Waals surface area contributed by atoms with E-state index < -0.39 is 0 Å². The highest BCUT2D eigenvalue weighted by Gasteiger charge is 2.24. The fourth-order valence-electron chi connectivity index (χ4n) is 1.69. The maximum Gasteiger partial charge on any atom is 0.0730 e. The van der Waals surface area contributed by atoms with Gasteiger partial charge in [-0.2, -0.15) is 0 Å². The van der Waals surface area contributed by atoms with Crippen molar-refractivity contribution in [2.45, 2.75) is 31.4 Å². The molecule has 14 heavy (non-hydrogen) atoms. The van der Waals surface area contributed by atoms with Gasteiger partial charge in [0.1, 0.15) is 0 Å². The third-order valence-electron chi connectivity index (χ3n) is 2.56. The summed E-state index contributed by atoms with van der Waals surface area (Å²) in [5, 5.41) is 0. The summed E-state index contributed by atoms with van der Waals surface area (Å²) in [6.07, 6.45) is 9.02. The van der Waals surface area contributed by atoms with Gasteiger partial charge in [0.15, 0.2) is 0 Å². The Bertz CT molecular complexity index is 232. The minimum absolute atomic E-state index is 0.213. The SMILES string of the molecule is C=C/C=C(\C=C)COC1CCCC1N. The first-order valence-corrected chi connectivity index (χ1v) is 5.09. The first-order valence-electron chi connectivity index (χ1n) is 5.09. The number of hydrogen-bond donors (Lipinski definition) is 1. The van der Waals surface area contributed by atoms with Gasteiger partial charge >= 0.3 is 0 Å². The van der Waals surface area contributed by atoms with E-state index in [0.29, 0.717) is 6.61 Å². The maximum atomic E-state index is 5.89. The van der Waals surface area contributed by atoms with Crippen LogP contribution in [-0.2, 0) is 4.74 Å². The molecule has 0 spiro atoms. The Morgan fingerprint density at radius 3 is 2.71 bits per heavy atom. The quantitative estimate of drug-likeness (QED) is 0.679. The smallest absolute Gasteiger partial charge is 0.0730 e. The van der Waals surface area contributed by atoms with Crippen LogP contribution in [-0.4, -0.2) is 18.8 Å². The van der Waals surface area contributed by atoms with Gasteiger partial charge in [-0.3, -0.25) is 0 Å². The zero-order valence-electron chi connectivity index (χ0n) is 8.61. The van der Waals surface area contributed by atoms with Gasteiger partial charge in [0, 0.05) is 6.04 Å². The van der Waals surface area contributed by atoms with Crippen LogP contribution in [0.2, 0.25) is 0 Å². The van der Waals surface area contributed by atoms with Crippen molar-refractivity contribution in [3.05, 3.63) is 37.0 Å². The Morgan fingerprint density at radius 2 is 2.21 bits per heavy atom. The number of allylic oxidation sites excluding steroid dienone is 2. The number of rotatable bonds is 5. The highest BCUT2D eigenvalue weighted by Crippen LogP contribution is 2.20. The third kappa shape index (κ3) is 3.13. The Balaban J connectivity index is 2.34. The first-order chi connectivity index (χ1) is 6.77. The van der Waals surface area contributed by atoms with Crippen LogP contribution in [0.4, 0.5) is 0 Å². The topological polar surface area (TPSA) is 35.2 Å². The fourth-order valence-corrected chi connectivity index (χ4v) is 1.69. The molecule has 0 aliphatic heterocycles. The molecule has 0 aromatic carbocycles. The Labute approximate surface area is 86.1 Å². The summed E-state index contributed by atoms with van der Waals surface area (Å²) in [6.45, 7) is 7.95. The van der Waals surface area contributed by atoms with Crippen molar-refractivity contribution >= 4 is 0 Å². The van der Waals surface area contributed by atoms with Crippen molar-refractivity contribution in [1.29, 1.82) is 0 Å². The van der Waals surface area contributed by atoms with Gasteiger partial charge < -0.3 is 10.5 Å². The summed E-state index contributed by atoms with van der Waals surface area (Å²) in [5.41, 5.74) is 6.94. The van der Waals surface area contributed by atoms with E-state index in [9.17, 15) is 0 Å². The molecule has 2 nitrogen and oxygen atoms in total. The van der Waals surface area contributed by atoms with Crippen LogP contribution < -0.4 is 5.73 Å². The minimum atomic E-state index is 0.213. The van der Waals surface area contributed by atoms with Gasteiger partial charge in [-0.05, 0) is 24.8 Å². The molecule has 2 heteroatoms. The molecule has 0 aromatic rings. The molecule has 2 atom stereocenters. The average Bonchev–Trinajstić information content (AvgIpc) is 2.59. The lowest BCUT2D eigenvalue weighted by Gasteiger charge is -2.16. The zero-order valence-corrected chi connectivity index (χ0v) is 8.61. The van der Waals surface area contributed by atoms with E-state index in [1.165, 1.54) is 6.42 Å². The highest BCUT2D eigenvalue weighted by molar-refractivity contribution is 5.21. The second kappa shape index (κ2) is 5.78. The van der Waals surface area contributed by atoms with Crippen molar-refractivity contribution < 1.29 is 4.74 Å². The summed E-state index contributed by atoms with van der Waals surface area (Å²) < 4.78 is 5.71. The van der Waals surface area contributed by atoms with Gasteiger partial charge in [-0.1, -0.05) is 31.4 Å². The summed E-state index contributed by atoms with van der Waals surface area (Å²) >= 11 is 0. The van der Waals surface area contributed by atoms with Gasteiger partial charge in [-0.25, -0.2) is 0 Å². The lowest BCUT2D eigenvalue weighted by molar-refractivity contribution is 0.0654. The van der Waals surface area contributed by atoms with Crippen molar-refractivity contribution in [3.8, 4) is 0 Å². The molecule has 1 fully saturated rings. The van der Waals surface area contributed by atoms with Crippen molar-refractivity contribution in [2.75, 3.05) is 6.61 Å². The van der Waals surface area contributed by atoms with Gasteiger partial charge in [0.05, 0.1) is 12.7 Å². The highest BCUT2D eigenvalue weighted by atomic mass is 16.5. The molecule has 1 rings (SSSR count). The molecule has 1 aliphatic carbocycles. The molecule has 0 amide bonds. The molecule has 0 radical (unpaired) electrons. The van der Waals surface area contributed by atoms with Crippen LogP contribution in [0.1, 0.15) is 19.3 Å². The van der Waals surface area contributed by atoms with E-state index in [2.05, 4.69) is 13.2 Å². The summed E-state index contributed by atoms with van der Waals surface area (Å²) in [5.74, 6) is 0. The molecule has 2 N–H and O–H groups in total. The van der Waals surface area contributed by atoms with E-state index in [1.54, 1.807) is 12.2 Å². The van der Waals surface area contributed by atoms with Crippen LogP contribution in [0.3, 0.4) is 0 Å². The predicted octanol–water partition coefficient (Wildman–Crippen LogP) is 2.18. The van der Waals surface area contributed by atoms with E-state index in [0.717, 1.165) is 18.4 Å². The normalized spacial score (nSPS) is 27.6. The van der Waals surface area contributed by atoms with Crippen LogP contribution in [0, 0.1) is 0 Å². The van der Waals surface area contributed by atoms with Gasteiger partial charge in [0.2, 0.25) is 0 Å². The van der Waals surface area contributed by atoms with Crippen LogP contribution in [0.25, 0.3) is 0 Å². The lowest BCUT2D eigenvalue weighted by atomic mass is 10.2.